The summed E-state index contributed by atoms with van der Waals surface area (Å²) in [5.74, 6) is -1.25. The van der Waals surface area contributed by atoms with E-state index in [1.54, 1.807) is 31.2 Å². The number of nitrogens with one attached hydrogen (secondary N) is 2. The van der Waals surface area contributed by atoms with Crippen LogP contribution in [0.15, 0.2) is 47.3 Å². The van der Waals surface area contributed by atoms with Crippen molar-refractivity contribution in [1.82, 2.24) is 20.6 Å². The highest BCUT2D eigenvalue weighted by molar-refractivity contribution is 6.35. The van der Waals surface area contributed by atoms with Crippen molar-refractivity contribution in [2.75, 3.05) is 0 Å². The van der Waals surface area contributed by atoms with E-state index in [1.165, 1.54) is 22.9 Å². The van der Waals surface area contributed by atoms with Crippen molar-refractivity contribution in [3.8, 4) is 0 Å². The molecule has 0 radical (unpaired) electrons. The van der Waals surface area contributed by atoms with Gasteiger partial charge in [-0.25, -0.2) is 4.68 Å². The van der Waals surface area contributed by atoms with Crippen molar-refractivity contribution >= 4 is 45.8 Å². The van der Waals surface area contributed by atoms with Gasteiger partial charge in [-0.3, -0.25) is 25.2 Å². The van der Waals surface area contributed by atoms with Crippen molar-refractivity contribution < 1.29 is 9.59 Å². The van der Waals surface area contributed by atoms with E-state index in [0.29, 0.717) is 27.4 Å². The monoisotopic (exact) mass is 404 g/mol. The minimum absolute atomic E-state index is 0.0245. The van der Waals surface area contributed by atoms with Crippen LogP contribution in [0, 0.1) is 0 Å². The maximum Gasteiger partial charge on any atom is 0.290 e. The molecule has 0 aliphatic heterocycles. The van der Waals surface area contributed by atoms with Gasteiger partial charge < -0.3 is 0 Å². The molecule has 0 unspecified atom stereocenters. The second-order valence-electron chi connectivity index (χ2n) is 5.58. The Morgan fingerprint density at radius 2 is 1.59 bits per heavy atom. The van der Waals surface area contributed by atoms with E-state index in [2.05, 4.69) is 16.0 Å². The lowest BCUT2D eigenvalue weighted by Gasteiger charge is -2.11. The Labute approximate surface area is 163 Å². The number of fused-ring (bicyclic) bond motifs is 1. The molecule has 1 heterocycles. The van der Waals surface area contributed by atoms with E-state index < -0.39 is 11.8 Å². The molecule has 0 atom stereocenters. The topological polar surface area (TPSA) is 93.1 Å². The number of nitrogens with zero attached hydrogens (tertiary/aromatic N) is 2. The van der Waals surface area contributed by atoms with Crippen molar-refractivity contribution in [3.63, 3.8) is 0 Å². The first kappa shape index (κ1) is 18.9. The number of hydrogen-bond donors (Lipinski definition) is 2. The summed E-state index contributed by atoms with van der Waals surface area (Å²) in [6.07, 6.45) is 0. The number of aromatic nitrogens is 2. The number of aryl methyl sites for hydroxylation is 1. The van der Waals surface area contributed by atoms with E-state index in [-0.39, 0.29) is 16.8 Å². The largest absolute Gasteiger partial charge is 0.290 e. The molecule has 0 saturated carbocycles. The van der Waals surface area contributed by atoms with Crippen molar-refractivity contribution in [2.45, 2.75) is 13.5 Å². The van der Waals surface area contributed by atoms with Gasteiger partial charge in [0.1, 0.15) is 0 Å². The first-order chi connectivity index (χ1) is 12.9. The van der Waals surface area contributed by atoms with E-state index in [4.69, 9.17) is 23.2 Å². The minimum atomic E-state index is -0.658. The lowest BCUT2D eigenvalue weighted by molar-refractivity contribution is 0.0843. The fourth-order valence-corrected chi connectivity index (χ4v) is 3.07. The first-order valence-electron chi connectivity index (χ1n) is 7.97. The molecule has 0 aliphatic rings. The highest BCUT2D eigenvalue weighted by Gasteiger charge is 2.17. The number of hydrazine groups is 1. The minimum Gasteiger partial charge on any atom is -0.267 e. The second-order valence-corrected chi connectivity index (χ2v) is 6.45. The summed E-state index contributed by atoms with van der Waals surface area (Å²) >= 11 is 11.7. The molecule has 1 aromatic heterocycles. The number of benzene rings is 2. The zero-order valence-electron chi connectivity index (χ0n) is 14.1. The summed E-state index contributed by atoms with van der Waals surface area (Å²) in [7, 11) is 0. The van der Waals surface area contributed by atoms with Crippen molar-refractivity contribution in [3.05, 3.63) is 74.1 Å². The van der Waals surface area contributed by atoms with E-state index >= 15 is 0 Å². The third-order valence-corrected chi connectivity index (χ3v) is 4.23. The SMILES string of the molecule is CCn1nc(C(=O)NNC(=O)c2cc(Cl)cc(Cl)c2)c2ccccc2c1=O. The van der Waals surface area contributed by atoms with E-state index in [0.717, 1.165) is 0 Å². The van der Waals surface area contributed by atoms with Crippen LogP contribution in [0.2, 0.25) is 10.0 Å². The molecule has 2 aromatic carbocycles. The van der Waals surface area contributed by atoms with Crippen LogP contribution in [-0.2, 0) is 6.54 Å². The maximum absolute atomic E-state index is 12.6. The lowest BCUT2D eigenvalue weighted by atomic mass is 10.1. The molecule has 3 aromatic rings. The molecule has 27 heavy (non-hydrogen) atoms. The number of hydrogen-bond acceptors (Lipinski definition) is 4. The Morgan fingerprint density at radius 1 is 1.00 bits per heavy atom. The maximum atomic E-state index is 12.6. The average molecular weight is 405 g/mol. The molecule has 3 rings (SSSR count). The normalized spacial score (nSPS) is 10.6. The smallest absolute Gasteiger partial charge is 0.267 e. The molecule has 2 amide bonds. The molecule has 7 nitrogen and oxygen atoms in total. The van der Waals surface area contributed by atoms with Crippen LogP contribution in [0.3, 0.4) is 0 Å². The van der Waals surface area contributed by atoms with Gasteiger partial charge in [-0.2, -0.15) is 5.10 Å². The predicted octanol–water partition coefficient (Wildman–Crippen LogP) is 2.80. The van der Waals surface area contributed by atoms with Crippen molar-refractivity contribution in [2.24, 2.45) is 0 Å². The van der Waals surface area contributed by atoms with Crippen LogP contribution < -0.4 is 16.4 Å². The molecule has 0 aliphatic carbocycles. The zero-order chi connectivity index (χ0) is 19.6. The summed E-state index contributed by atoms with van der Waals surface area (Å²) in [5, 5.41) is 5.44. The van der Waals surface area contributed by atoms with Gasteiger partial charge in [0.2, 0.25) is 0 Å². The Bertz CT molecular complexity index is 1090. The number of halogens is 2. The molecule has 138 valence electrons. The Morgan fingerprint density at radius 3 is 2.22 bits per heavy atom. The molecule has 0 saturated heterocycles. The van der Waals surface area contributed by atoms with Crippen LogP contribution in [0.5, 0.6) is 0 Å². The van der Waals surface area contributed by atoms with Crippen LogP contribution in [0.1, 0.15) is 27.8 Å². The predicted molar refractivity (Wildman–Crippen MR) is 103 cm³/mol. The summed E-state index contributed by atoms with van der Waals surface area (Å²) in [6.45, 7) is 2.05. The average Bonchev–Trinajstić information content (AvgIpc) is 2.65. The Balaban J connectivity index is 1.87. The lowest BCUT2D eigenvalue weighted by Crippen LogP contribution is -2.42. The standard InChI is InChI=1S/C18H14Cl2N4O3/c1-2-24-18(27)14-6-4-3-5-13(14)15(23-24)17(26)22-21-16(25)10-7-11(19)9-12(20)8-10/h3-9H,2H2,1H3,(H,21,25)(H,22,26). The van der Waals surface area contributed by atoms with Crippen LogP contribution >= 0.6 is 23.2 Å². The summed E-state index contributed by atoms with van der Waals surface area (Å²) in [4.78, 5) is 37.1. The third-order valence-electron chi connectivity index (χ3n) is 3.80. The molecule has 0 spiro atoms. The summed E-state index contributed by atoms with van der Waals surface area (Å²) in [6, 6.07) is 11.0. The highest BCUT2D eigenvalue weighted by Crippen LogP contribution is 2.19. The summed E-state index contributed by atoms with van der Waals surface area (Å²) < 4.78 is 1.19. The zero-order valence-corrected chi connectivity index (χ0v) is 15.6. The molecule has 0 bridgehead atoms. The Kier molecular flexibility index (Phi) is 5.43. The number of rotatable bonds is 3. The molecule has 9 heteroatoms. The van der Waals surface area contributed by atoms with Crippen LogP contribution in [0.25, 0.3) is 10.8 Å². The molecule has 0 fully saturated rings. The number of carbonyl (C=O) groups is 2. The van der Waals surface area contributed by atoms with Gasteiger partial charge in [0, 0.05) is 27.5 Å². The van der Waals surface area contributed by atoms with E-state index in [1.807, 2.05) is 0 Å². The Hall–Kier alpha value is -2.90. The van der Waals surface area contributed by atoms with Gasteiger partial charge in [-0.05, 0) is 31.2 Å². The molecular formula is C18H14Cl2N4O3. The van der Waals surface area contributed by atoms with Gasteiger partial charge in [0.15, 0.2) is 5.69 Å². The quantitative estimate of drug-likeness (QED) is 0.656. The van der Waals surface area contributed by atoms with Gasteiger partial charge in [0.25, 0.3) is 17.4 Å². The highest BCUT2D eigenvalue weighted by atomic mass is 35.5. The number of carbonyl (C=O) groups excluding carboxylic acids is 2. The first-order valence-corrected chi connectivity index (χ1v) is 8.73. The van der Waals surface area contributed by atoms with Crippen LogP contribution in [-0.4, -0.2) is 21.6 Å². The van der Waals surface area contributed by atoms with Gasteiger partial charge >= 0.3 is 0 Å². The molecule has 2 N–H and O–H groups in total. The fraction of sp³-hybridized carbons (Fsp3) is 0.111. The van der Waals surface area contributed by atoms with Gasteiger partial charge in [0.05, 0.1) is 5.39 Å². The second kappa shape index (κ2) is 7.77. The fourth-order valence-electron chi connectivity index (χ4n) is 2.55. The third kappa shape index (κ3) is 3.94. The summed E-state index contributed by atoms with van der Waals surface area (Å²) in [5.41, 5.74) is 4.50. The van der Waals surface area contributed by atoms with Crippen LogP contribution in [0.4, 0.5) is 0 Å². The van der Waals surface area contributed by atoms with Crippen molar-refractivity contribution in [1.29, 1.82) is 0 Å². The number of amides is 2. The van der Waals surface area contributed by atoms with Gasteiger partial charge in [-0.15, -0.1) is 0 Å². The molecular weight excluding hydrogens is 391 g/mol. The van der Waals surface area contributed by atoms with Gasteiger partial charge in [-0.1, -0.05) is 41.4 Å². The van der Waals surface area contributed by atoms with E-state index in [9.17, 15) is 14.4 Å².